The van der Waals surface area contributed by atoms with Crippen molar-refractivity contribution in [3.05, 3.63) is 81.5 Å². The number of carbonyl (C=O) groups is 3. The number of piperidine rings is 1. The van der Waals surface area contributed by atoms with E-state index in [1.165, 1.54) is 18.4 Å². The van der Waals surface area contributed by atoms with E-state index >= 15 is 0 Å². The van der Waals surface area contributed by atoms with Crippen LogP contribution in [0.5, 0.6) is 0 Å². The molecule has 1 aromatic heterocycles. The van der Waals surface area contributed by atoms with E-state index in [0.29, 0.717) is 42.9 Å². The first-order valence-corrected chi connectivity index (χ1v) is 15.6. The maximum Gasteiger partial charge on any atom is 0.410 e. The Bertz CT molecular complexity index is 1470. The van der Waals surface area contributed by atoms with Gasteiger partial charge in [-0.3, -0.25) is 4.79 Å². The highest BCUT2D eigenvalue weighted by Gasteiger charge is 2.32. The molecule has 0 radical (unpaired) electrons. The number of likely N-dealkylation sites (tertiary alicyclic amines) is 1. The third kappa shape index (κ3) is 8.71. The lowest BCUT2D eigenvalue weighted by Gasteiger charge is -2.39. The smallest absolute Gasteiger partial charge is 0.410 e. The number of rotatable bonds is 7. The Kier molecular flexibility index (Phi) is 10.7. The summed E-state index contributed by atoms with van der Waals surface area (Å²) >= 11 is 1.42. The topological polar surface area (TPSA) is 76.2 Å². The fourth-order valence-corrected chi connectivity index (χ4v) is 5.71. The molecule has 2 aromatic carbocycles. The average Bonchev–Trinajstić information content (AvgIpc) is 3.48. The van der Waals surface area contributed by atoms with Crippen molar-refractivity contribution in [3.63, 3.8) is 0 Å². The standard InChI is InChI=1S/C35H40N2O5S/c1-6-7-8-9-26-22-31(43-24-26)32(38)37(30-18-20-36(21-19-30)34(40)42-35(2,3)4)23-25-10-12-27(13-11-25)28-14-16-29(17-15-28)33(39)41-5/h10-17,22,24,30H,6-7,18-21,23H2,1-5H3. The average molecular weight is 601 g/mol. The maximum absolute atomic E-state index is 13.9. The Balaban J connectivity index is 1.52. The molecule has 8 heteroatoms. The zero-order valence-electron chi connectivity index (χ0n) is 25.6. The molecule has 3 aromatic rings. The Morgan fingerprint density at radius 2 is 1.63 bits per heavy atom. The van der Waals surface area contributed by atoms with E-state index in [2.05, 4.69) is 18.8 Å². The predicted molar refractivity (Wildman–Crippen MR) is 170 cm³/mol. The first-order valence-electron chi connectivity index (χ1n) is 14.7. The fraction of sp³-hybridized carbons (Fsp3) is 0.400. The van der Waals surface area contributed by atoms with E-state index in [1.807, 2.05) is 73.5 Å². The van der Waals surface area contributed by atoms with Gasteiger partial charge >= 0.3 is 12.1 Å². The highest BCUT2D eigenvalue weighted by Crippen LogP contribution is 2.27. The summed E-state index contributed by atoms with van der Waals surface area (Å²) in [6.45, 7) is 9.20. The normalized spacial score (nSPS) is 13.6. The van der Waals surface area contributed by atoms with Gasteiger partial charge in [0, 0.05) is 43.0 Å². The minimum absolute atomic E-state index is 0.0199. The molecule has 1 aliphatic heterocycles. The number of unbranched alkanes of at least 4 members (excludes halogenated alkanes) is 1. The number of amides is 2. The number of hydrogen-bond donors (Lipinski definition) is 0. The molecule has 1 saturated heterocycles. The number of nitrogens with zero attached hydrogens (tertiary/aromatic N) is 2. The number of hydrogen-bond acceptors (Lipinski definition) is 6. The molecule has 2 amide bonds. The van der Waals surface area contributed by atoms with Gasteiger partial charge in [0.05, 0.1) is 17.6 Å². The van der Waals surface area contributed by atoms with Crippen LogP contribution in [0, 0.1) is 11.8 Å². The molecule has 0 spiro atoms. The van der Waals surface area contributed by atoms with Gasteiger partial charge in [0.2, 0.25) is 0 Å². The van der Waals surface area contributed by atoms with Crippen LogP contribution in [0.4, 0.5) is 4.79 Å². The predicted octanol–water partition coefficient (Wildman–Crippen LogP) is 7.40. The van der Waals surface area contributed by atoms with Gasteiger partial charge in [0.25, 0.3) is 5.91 Å². The Hall–Kier alpha value is -4.09. The third-order valence-electron chi connectivity index (χ3n) is 7.18. The van der Waals surface area contributed by atoms with Gasteiger partial charge in [0.15, 0.2) is 0 Å². The molecule has 226 valence electrons. The second-order valence-corrected chi connectivity index (χ2v) is 12.6. The van der Waals surface area contributed by atoms with Gasteiger partial charge in [-0.25, -0.2) is 9.59 Å². The molecule has 1 aliphatic rings. The second-order valence-electron chi connectivity index (χ2n) is 11.6. The van der Waals surface area contributed by atoms with Crippen molar-refractivity contribution in [2.45, 2.75) is 71.6 Å². The van der Waals surface area contributed by atoms with Crippen LogP contribution in [0.15, 0.2) is 60.0 Å². The van der Waals surface area contributed by atoms with Gasteiger partial charge in [-0.1, -0.05) is 55.2 Å². The second kappa shape index (κ2) is 14.4. The van der Waals surface area contributed by atoms with Gasteiger partial charge in [0.1, 0.15) is 5.60 Å². The summed E-state index contributed by atoms with van der Waals surface area (Å²) in [6.07, 6.45) is 2.85. The van der Waals surface area contributed by atoms with Crippen molar-refractivity contribution in [1.82, 2.24) is 9.80 Å². The SMILES string of the molecule is CCCC#Cc1csc(C(=O)N(Cc2ccc(-c3ccc(C(=O)OC)cc3)cc2)C2CCN(C(=O)OC(C)(C)C)CC2)c1. The molecule has 2 heterocycles. The van der Waals surface area contributed by atoms with Crippen LogP contribution < -0.4 is 0 Å². The van der Waals surface area contributed by atoms with E-state index in [0.717, 1.165) is 35.1 Å². The number of esters is 1. The highest BCUT2D eigenvalue weighted by atomic mass is 32.1. The summed E-state index contributed by atoms with van der Waals surface area (Å²) in [7, 11) is 1.37. The number of methoxy groups -OCH3 is 1. The molecule has 0 bridgehead atoms. The molecule has 0 unspecified atom stereocenters. The fourth-order valence-electron chi connectivity index (χ4n) is 4.91. The lowest BCUT2D eigenvalue weighted by atomic mass is 10.00. The molecule has 7 nitrogen and oxygen atoms in total. The monoisotopic (exact) mass is 600 g/mol. The van der Waals surface area contributed by atoms with Crippen LogP contribution in [-0.4, -0.2) is 59.6 Å². The van der Waals surface area contributed by atoms with Gasteiger partial charge in [-0.05, 0) is 74.9 Å². The van der Waals surface area contributed by atoms with Crippen LogP contribution in [0.3, 0.4) is 0 Å². The molecule has 0 N–H and O–H groups in total. The molecule has 4 rings (SSSR count). The van der Waals surface area contributed by atoms with E-state index in [9.17, 15) is 14.4 Å². The van der Waals surface area contributed by atoms with Crippen molar-refractivity contribution in [1.29, 1.82) is 0 Å². The Labute approximate surface area is 258 Å². The molecule has 1 fully saturated rings. The van der Waals surface area contributed by atoms with Gasteiger partial charge < -0.3 is 19.3 Å². The van der Waals surface area contributed by atoms with Crippen molar-refractivity contribution >= 4 is 29.3 Å². The van der Waals surface area contributed by atoms with Crippen LogP contribution in [0.2, 0.25) is 0 Å². The van der Waals surface area contributed by atoms with E-state index in [1.54, 1.807) is 17.0 Å². The van der Waals surface area contributed by atoms with Crippen LogP contribution in [0.1, 0.15) is 84.5 Å². The van der Waals surface area contributed by atoms with Crippen molar-refractivity contribution in [3.8, 4) is 23.0 Å². The summed E-state index contributed by atoms with van der Waals surface area (Å²) in [5.74, 6) is 5.94. The van der Waals surface area contributed by atoms with E-state index < -0.39 is 5.60 Å². The minimum Gasteiger partial charge on any atom is -0.465 e. The van der Waals surface area contributed by atoms with Crippen LogP contribution in [-0.2, 0) is 16.0 Å². The zero-order chi connectivity index (χ0) is 31.0. The largest absolute Gasteiger partial charge is 0.465 e. The summed E-state index contributed by atoms with van der Waals surface area (Å²) in [5.41, 5.74) is 3.82. The van der Waals surface area contributed by atoms with Gasteiger partial charge in [-0.2, -0.15) is 0 Å². The number of ether oxygens (including phenoxy) is 2. The van der Waals surface area contributed by atoms with Gasteiger partial charge in [-0.15, -0.1) is 11.3 Å². The van der Waals surface area contributed by atoms with E-state index in [-0.39, 0.29) is 24.0 Å². The number of thiophene rings is 1. The number of carbonyl (C=O) groups excluding carboxylic acids is 3. The molecular weight excluding hydrogens is 560 g/mol. The number of benzene rings is 2. The van der Waals surface area contributed by atoms with Crippen molar-refractivity contribution in [2.75, 3.05) is 20.2 Å². The maximum atomic E-state index is 13.9. The molecule has 0 aliphatic carbocycles. The van der Waals surface area contributed by atoms with E-state index in [4.69, 9.17) is 9.47 Å². The summed E-state index contributed by atoms with van der Waals surface area (Å²) in [5, 5.41) is 1.94. The summed E-state index contributed by atoms with van der Waals surface area (Å²) < 4.78 is 10.4. The van der Waals surface area contributed by atoms with Crippen molar-refractivity contribution < 1.29 is 23.9 Å². The van der Waals surface area contributed by atoms with Crippen LogP contribution in [0.25, 0.3) is 11.1 Å². The lowest BCUT2D eigenvalue weighted by Crippen LogP contribution is -2.49. The molecule has 0 atom stereocenters. The Morgan fingerprint density at radius 1 is 1.00 bits per heavy atom. The molecule has 0 saturated carbocycles. The summed E-state index contributed by atoms with van der Waals surface area (Å²) in [4.78, 5) is 42.7. The highest BCUT2D eigenvalue weighted by molar-refractivity contribution is 7.12. The minimum atomic E-state index is -0.553. The first-order chi connectivity index (χ1) is 20.6. The van der Waals surface area contributed by atoms with Crippen molar-refractivity contribution in [2.24, 2.45) is 0 Å². The Morgan fingerprint density at radius 3 is 2.21 bits per heavy atom. The molecular formula is C35H40N2O5S. The van der Waals surface area contributed by atoms with Crippen LogP contribution >= 0.6 is 11.3 Å². The summed E-state index contributed by atoms with van der Waals surface area (Å²) in [6, 6.07) is 17.3. The molecule has 43 heavy (non-hydrogen) atoms. The zero-order valence-corrected chi connectivity index (χ0v) is 26.5. The lowest BCUT2D eigenvalue weighted by molar-refractivity contribution is 0.0142. The quantitative estimate of drug-likeness (QED) is 0.209. The first kappa shape index (κ1) is 31.8. The third-order valence-corrected chi connectivity index (χ3v) is 8.10.